The largest absolute Gasteiger partial charge is 0.368 e. The maximum atomic E-state index is 14.3. The summed E-state index contributed by atoms with van der Waals surface area (Å²) in [6.45, 7) is 0.617. The molecule has 0 radical (unpaired) electrons. The number of halogens is 2. The molecule has 4 nitrogen and oxygen atoms in total. The van der Waals surface area contributed by atoms with Crippen molar-refractivity contribution in [1.29, 1.82) is 0 Å². The number of hydrogen-bond acceptors (Lipinski definition) is 4. The first-order valence-corrected chi connectivity index (χ1v) is 9.43. The molecule has 2 aromatic carbocycles. The van der Waals surface area contributed by atoms with Crippen LogP contribution in [0.1, 0.15) is 37.7 Å². The van der Waals surface area contributed by atoms with Crippen LogP contribution in [0.4, 0.5) is 15.8 Å². The van der Waals surface area contributed by atoms with Gasteiger partial charge in [0.15, 0.2) is 0 Å². The Morgan fingerprint density at radius 3 is 2.73 bits per heavy atom. The summed E-state index contributed by atoms with van der Waals surface area (Å²) in [5, 5.41) is 4.18. The third-order valence-electron chi connectivity index (χ3n) is 5.14. The fourth-order valence-electron chi connectivity index (χ4n) is 3.80. The molecule has 1 fully saturated rings. The highest BCUT2D eigenvalue weighted by Gasteiger charge is 2.41. The normalized spacial score (nSPS) is 18.0. The lowest BCUT2D eigenvalue weighted by molar-refractivity contribution is 0.389. The van der Waals surface area contributed by atoms with E-state index in [9.17, 15) is 4.39 Å². The van der Waals surface area contributed by atoms with Gasteiger partial charge >= 0.3 is 0 Å². The van der Waals surface area contributed by atoms with Crippen molar-refractivity contribution in [3.63, 3.8) is 0 Å². The molecule has 2 aromatic rings. The van der Waals surface area contributed by atoms with E-state index in [1.165, 1.54) is 12.5 Å². The first-order valence-electron chi connectivity index (χ1n) is 9.05. The van der Waals surface area contributed by atoms with E-state index >= 15 is 0 Å². The van der Waals surface area contributed by atoms with Gasteiger partial charge in [0.1, 0.15) is 11.7 Å². The van der Waals surface area contributed by atoms with Crippen molar-refractivity contribution in [2.45, 2.75) is 44.2 Å². The highest BCUT2D eigenvalue weighted by molar-refractivity contribution is 6.30. The first kappa shape index (κ1) is 17.3. The quantitative estimate of drug-likeness (QED) is 0.669. The molecule has 1 aliphatic heterocycles. The summed E-state index contributed by atoms with van der Waals surface area (Å²) in [7, 11) is 0. The van der Waals surface area contributed by atoms with Crippen LogP contribution >= 0.6 is 11.6 Å². The van der Waals surface area contributed by atoms with Crippen LogP contribution in [0, 0.1) is 5.82 Å². The number of aliphatic imine (C=N–C) groups is 1. The second kappa shape index (κ2) is 7.25. The maximum absolute atomic E-state index is 14.3. The average Bonchev–Trinajstić information content (AvgIpc) is 2.64. The smallest absolute Gasteiger partial charge is 0.148 e. The Bertz CT molecular complexity index is 830. The fourth-order valence-corrected chi connectivity index (χ4v) is 4.01. The number of anilines is 1. The maximum Gasteiger partial charge on any atom is 0.148 e. The van der Waals surface area contributed by atoms with Crippen molar-refractivity contribution in [1.82, 2.24) is 10.9 Å². The van der Waals surface area contributed by atoms with Gasteiger partial charge in [0.05, 0.1) is 16.9 Å². The number of hydrazine groups is 1. The number of amidine groups is 1. The first-order chi connectivity index (χ1) is 12.7. The lowest BCUT2D eigenvalue weighted by Crippen LogP contribution is -2.58. The van der Waals surface area contributed by atoms with E-state index < -0.39 is 0 Å². The van der Waals surface area contributed by atoms with Gasteiger partial charge < -0.3 is 10.7 Å². The number of para-hydroxylation sites is 1. The fraction of sp³-hybridized carbons (Fsp3) is 0.350. The van der Waals surface area contributed by atoms with Gasteiger partial charge in [-0.2, -0.15) is 0 Å². The molecule has 4 rings (SSSR count). The number of hydrogen-bond donors (Lipinski definition) is 3. The van der Waals surface area contributed by atoms with Crippen molar-refractivity contribution >= 4 is 28.8 Å². The van der Waals surface area contributed by atoms with Gasteiger partial charge in [-0.1, -0.05) is 49.1 Å². The van der Waals surface area contributed by atoms with Crippen molar-refractivity contribution in [3.8, 4) is 0 Å². The van der Waals surface area contributed by atoms with Crippen LogP contribution in [-0.2, 0) is 6.54 Å². The number of nitrogens with one attached hydrogen (secondary N) is 3. The van der Waals surface area contributed by atoms with Crippen LogP contribution in [0.15, 0.2) is 47.5 Å². The second-order valence-corrected chi connectivity index (χ2v) is 7.41. The van der Waals surface area contributed by atoms with Crippen LogP contribution < -0.4 is 16.2 Å². The summed E-state index contributed by atoms with van der Waals surface area (Å²) in [5.74, 6) is 0.583. The minimum atomic E-state index is -0.339. The van der Waals surface area contributed by atoms with Gasteiger partial charge in [0.25, 0.3) is 0 Å². The molecule has 2 aliphatic rings. The van der Waals surface area contributed by atoms with E-state index in [0.717, 1.165) is 37.1 Å². The standard InChI is InChI=1S/C20H22ClFN4/c21-15-7-4-6-14(12-15)13-23-26-19-20(10-2-1-3-11-20)25-18-16(22)8-5-9-17(18)24-19/h4-9,12,23,25H,1-3,10-11,13H2,(H,24,26). The van der Waals surface area contributed by atoms with Crippen LogP contribution in [-0.4, -0.2) is 11.4 Å². The molecule has 0 bridgehead atoms. The monoisotopic (exact) mass is 372 g/mol. The van der Waals surface area contributed by atoms with E-state index in [-0.39, 0.29) is 11.4 Å². The highest BCUT2D eigenvalue weighted by atomic mass is 35.5. The van der Waals surface area contributed by atoms with Gasteiger partial charge in [-0.3, -0.25) is 0 Å². The summed E-state index contributed by atoms with van der Waals surface area (Å²) in [6, 6.07) is 12.7. The van der Waals surface area contributed by atoms with E-state index in [0.29, 0.717) is 22.9 Å². The highest BCUT2D eigenvalue weighted by Crippen LogP contribution is 2.41. The summed E-state index contributed by atoms with van der Waals surface area (Å²) >= 11 is 6.04. The summed E-state index contributed by atoms with van der Waals surface area (Å²) in [6.07, 6.45) is 5.28. The summed E-state index contributed by atoms with van der Waals surface area (Å²) in [5.41, 5.74) is 8.41. The summed E-state index contributed by atoms with van der Waals surface area (Å²) < 4.78 is 14.3. The van der Waals surface area contributed by atoms with Crippen LogP contribution in [0.2, 0.25) is 5.02 Å². The Balaban J connectivity index is 1.56. The molecule has 26 heavy (non-hydrogen) atoms. The molecule has 0 aromatic heterocycles. The SMILES string of the molecule is Fc1cccc2c1NC1(CCCCC1)C(NNCc1cccc(Cl)c1)=N2. The van der Waals surface area contributed by atoms with Gasteiger partial charge in [-0.25, -0.2) is 14.8 Å². The molecule has 1 heterocycles. The molecule has 1 aliphatic carbocycles. The van der Waals surface area contributed by atoms with E-state index in [4.69, 9.17) is 16.6 Å². The zero-order valence-electron chi connectivity index (χ0n) is 14.5. The lowest BCUT2D eigenvalue weighted by Gasteiger charge is -2.42. The molecule has 0 unspecified atom stereocenters. The number of benzene rings is 2. The third kappa shape index (κ3) is 3.41. The predicted octanol–water partition coefficient (Wildman–Crippen LogP) is 4.93. The molecular weight excluding hydrogens is 351 g/mol. The molecule has 0 atom stereocenters. The molecular formula is C20H22ClFN4. The minimum absolute atomic E-state index is 0.248. The number of nitrogens with zero attached hydrogens (tertiary/aromatic N) is 1. The van der Waals surface area contributed by atoms with Gasteiger partial charge in [-0.05, 0) is 42.7 Å². The van der Waals surface area contributed by atoms with Crippen molar-refractivity contribution in [2.75, 3.05) is 5.32 Å². The Morgan fingerprint density at radius 2 is 1.92 bits per heavy atom. The Morgan fingerprint density at radius 1 is 1.12 bits per heavy atom. The minimum Gasteiger partial charge on any atom is -0.368 e. The van der Waals surface area contributed by atoms with Crippen LogP contribution in [0.5, 0.6) is 0 Å². The molecule has 6 heteroatoms. The van der Waals surface area contributed by atoms with E-state index in [1.807, 2.05) is 30.3 Å². The van der Waals surface area contributed by atoms with E-state index in [2.05, 4.69) is 16.2 Å². The topological polar surface area (TPSA) is 48.4 Å². The van der Waals surface area contributed by atoms with Crippen molar-refractivity contribution < 1.29 is 4.39 Å². The molecule has 3 N–H and O–H groups in total. The van der Waals surface area contributed by atoms with Crippen LogP contribution in [0.3, 0.4) is 0 Å². The molecule has 136 valence electrons. The van der Waals surface area contributed by atoms with Gasteiger partial charge in [-0.15, -0.1) is 0 Å². The van der Waals surface area contributed by atoms with Gasteiger partial charge in [0.2, 0.25) is 0 Å². The van der Waals surface area contributed by atoms with Crippen molar-refractivity contribution in [2.24, 2.45) is 4.99 Å². The molecule has 0 amide bonds. The second-order valence-electron chi connectivity index (χ2n) is 6.97. The predicted molar refractivity (Wildman–Crippen MR) is 104 cm³/mol. The van der Waals surface area contributed by atoms with Crippen molar-refractivity contribution in [3.05, 3.63) is 58.9 Å². The zero-order valence-corrected chi connectivity index (χ0v) is 15.2. The Kier molecular flexibility index (Phi) is 4.83. The Hall–Kier alpha value is -2.11. The average molecular weight is 373 g/mol. The number of fused-ring (bicyclic) bond motifs is 1. The zero-order chi connectivity index (χ0) is 18.0. The molecule has 1 spiro atoms. The third-order valence-corrected chi connectivity index (χ3v) is 5.37. The molecule has 1 saturated carbocycles. The lowest BCUT2D eigenvalue weighted by atomic mass is 9.79. The van der Waals surface area contributed by atoms with E-state index in [1.54, 1.807) is 6.07 Å². The van der Waals surface area contributed by atoms with Crippen LogP contribution in [0.25, 0.3) is 0 Å². The number of rotatable bonds is 3. The molecule has 0 saturated heterocycles. The van der Waals surface area contributed by atoms with Gasteiger partial charge in [0, 0.05) is 11.6 Å². The Labute approximate surface area is 157 Å². The summed E-state index contributed by atoms with van der Waals surface area (Å²) in [4.78, 5) is 4.75.